The number of fused-ring (bicyclic) bond motifs is 2. The summed E-state index contributed by atoms with van der Waals surface area (Å²) in [6, 6.07) is 7.84. The van der Waals surface area contributed by atoms with Crippen molar-refractivity contribution in [3.63, 3.8) is 0 Å². The summed E-state index contributed by atoms with van der Waals surface area (Å²) in [5.74, 6) is -2.19. The van der Waals surface area contributed by atoms with Crippen LogP contribution in [0.4, 0.5) is 5.69 Å². The lowest BCUT2D eigenvalue weighted by atomic mass is 9.86. The summed E-state index contributed by atoms with van der Waals surface area (Å²) in [4.78, 5) is 26.6. The van der Waals surface area contributed by atoms with Crippen LogP contribution in [0.3, 0.4) is 0 Å². The predicted molar refractivity (Wildman–Crippen MR) is 171 cm³/mol. The van der Waals surface area contributed by atoms with E-state index in [1.807, 2.05) is 0 Å². The van der Waals surface area contributed by atoms with E-state index >= 15 is 0 Å². The molecule has 0 amide bonds. The Morgan fingerprint density at radius 3 is 2.36 bits per heavy atom. The van der Waals surface area contributed by atoms with Crippen LogP contribution in [0.25, 0.3) is 5.57 Å². The lowest BCUT2D eigenvalue weighted by Gasteiger charge is -2.38. The molecule has 2 fully saturated rings. The molecule has 3 aliphatic heterocycles. The first-order chi connectivity index (χ1) is 26.0. The molecule has 2 aromatic carbocycles. The molecule has 1 aliphatic carbocycles. The fourth-order valence-electron chi connectivity index (χ4n) is 5.44. The maximum Gasteiger partial charge on any atom is 0.338 e. The SMILES string of the molecule is [2H]C1([2H])N(c2ccc3c(c2)[Si](C)(C)C2=CC(=[N+]4C([2H])([2H])C([2H])([2H])C([2H])([2H])C4([2H])[2H])C=CC2=C3c2cc(C(=O)OC(C)(C)C)ccc2C(=O)O)C([2H])([2H])C([2H])([2H])C1([2H])[2H]. The van der Waals surface area contributed by atoms with E-state index in [9.17, 15) is 14.7 Å². The first kappa shape index (κ1) is 15.1. The van der Waals surface area contributed by atoms with Crippen molar-refractivity contribution in [3.05, 3.63) is 87.6 Å². The average Bonchev–Trinajstić information content (AvgIpc) is 3.19. The number of nitrogens with zero attached hydrogens (tertiary/aromatic N) is 2. The Morgan fingerprint density at radius 1 is 0.976 bits per heavy atom. The fourth-order valence-corrected chi connectivity index (χ4v) is 8.52. The summed E-state index contributed by atoms with van der Waals surface area (Å²) in [5.41, 5.74) is -0.971. The minimum Gasteiger partial charge on any atom is -0.478 e. The van der Waals surface area contributed by atoms with Gasteiger partial charge in [0, 0.05) is 60.0 Å². The number of ether oxygens (including phenoxy) is 1. The van der Waals surface area contributed by atoms with Crippen LogP contribution in [0, 0.1) is 0 Å². The molecule has 2 saturated heterocycles. The number of carbonyl (C=O) groups is 2. The zero-order chi connectivity index (χ0) is 44.2. The van der Waals surface area contributed by atoms with Gasteiger partial charge in [-0.05, 0) is 103 Å². The van der Waals surface area contributed by atoms with Gasteiger partial charge in [0.25, 0.3) is 0 Å². The minimum atomic E-state index is -3.39. The summed E-state index contributed by atoms with van der Waals surface area (Å²) >= 11 is 0. The number of carboxylic acids is 1. The van der Waals surface area contributed by atoms with E-state index in [-0.39, 0.29) is 33.7 Å². The number of rotatable bonds is 4. The molecule has 4 aliphatic rings. The third-order valence-corrected chi connectivity index (χ3v) is 10.9. The van der Waals surface area contributed by atoms with Gasteiger partial charge in [-0.25, -0.2) is 14.2 Å². The molecule has 2 aromatic rings. The van der Waals surface area contributed by atoms with Gasteiger partial charge < -0.3 is 14.7 Å². The van der Waals surface area contributed by atoms with Crippen molar-refractivity contribution < 1.29 is 45.9 Å². The molecular weight excluding hydrogens is 540 g/mol. The fraction of sp³-hybridized carbons (Fsp3) is 0.400. The molecule has 0 atom stereocenters. The highest BCUT2D eigenvalue weighted by atomic mass is 28.3. The smallest absolute Gasteiger partial charge is 0.338 e. The second-order valence-corrected chi connectivity index (χ2v) is 16.0. The van der Waals surface area contributed by atoms with Crippen LogP contribution in [0.2, 0.25) is 13.1 Å². The highest BCUT2D eigenvalue weighted by molar-refractivity contribution is 6.98. The van der Waals surface area contributed by atoms with E-state index in [1.165, 1.54) is 54.6 Å². The van der Waals surface area contributed by atoms with E-state index in [1.54, 1.807) is 33.9 Å². The molecule has 0 saturated carbocycles. The van der Waals surface area contributed by atoms with Crippen molar-refractivity contribution in [1.82, 2.24) is 0 Å². The van der Waals surface area contributed by atoms with Crippen LogP contribution in [0.5, 0.6) is 0 Å². The molecule has 1 N–H and O–H groups in total. The topological polar surface area (TPSA) is 69.8 Å². The number of hydrogen-bond acceptors (Lipinski definition) is 4. The van der Waals surface area contributed by atoms with E-state index in [0.717, 1.165) is 0 Å². The van der Waals surface area contributed by atoms with Crippen molar-refractivity contribution in [1.29, 1.82) is 0 Å². The van der Waals surface area contributed by atoms with Gasteiger partial charge in [-0.1, -0.05) is 19.2 Å². The van der Waals surface area contributed by atoms with Gasteiger partial charge in [0.05, 0.1) is 11.1 Å². The van der Waals surface area contributed by atoms with E-state index in [4.69, 9.17) is 26.7 Å². The third kappa shape index (κ3) is 5.08. The Labute approximate surface area is 272 Å². The molecule has 0 spiro atoms. The second kappa shape index (κ2) is 10.5. The Bertz CT molecular complexity index is 2270. The number of hydrogen-bond donors (Lipinski definition) is 1. The lowest BCUT2D eigenvalue weighted by molar-refractivity contribution is -0.504. The van der Waals surface area contributed by atoms with Crippen LogP contribution in [-0.4, -0.2) is 67.0 Å². The number of aromatic carboxylic acids is 1. The summed E-state index contributed by atoms with van der Waals surface area (Å²) in [7, 11) is -3.39. The molecule has 0 aromatic heterocycles. The Morgan fingerprint density at radius 2 is 1.69 bits per heavy atom. The normalized spacial score (nSPS) is 34.8. The second-order valence-electron chi connectivity index (χ2n) is 11.6. The molecular formula is C35H41N2O4Si+. The summed E-state index contributed by atoms with van der Waals surface area (Å²) in [5, 5.41) is 11.2. The summed E-state index contributed by atoms with van der Waals surface area (Å²) < 4.78 is 142. The maximum absolute atomic E-state index is 13.4. The van der Waals surface area contributed by atoms with Crippen LogP contribution < -0.4 is 10.1 Å². The first-order valence-electron chi connectivity index (χ1n) is 21.3. The molecule has 3 heterocycles. The van der Waals surface area contributed by atoms with Crippen LogP contribution in [-0.2, 0) is 4.74 Å². The lowest BCUT2D eigenvalue weighted by Crippen LogP contribution is -2.50. The summed E-state index contributed by atoms with van der Waals surface area (Å²) in [6.07, 6.45) is -9.42. The van der Waals surface area contributed by atoms with Gasteiger partial charge in [-0.2, -0.15) is 0 Å². The molecule has 7 heteroatoms. The molecule has 0 radical (unpaired) electrons. The number of anilines is 1. The standard InChI is InChI=1S/C35H40N2O4Si/c1-35(2,3)41-34(40)23-10-13-26(33(38)39)29(20-23)32-27-14-11-24(36-16-6-7-17-36)21-30(27)42(4,5)31-22-25(12-15-28(31)32)37-18-8-9-19-37/h10-15,20-22H,6-9,16-19H2,1-5H3/p+1/i6D2,7D2,8D2,9D2,16D2,17D2,18D2,19D2. The molecule has 6 nitrogen and oxygen atoms in total. The van der Waals surface area contributed by atoms with Gasteiger partial charge >= 0.3 is 11.9 Å². The molecule has 218 valence electrons. The number of allylic oxidation sites excluding steroid dienone is 5. The van der Waals surface area contributed by atoms with Gasteiger partial charge in [-0.3, -0.25) is 0 Å². The first-order valence-corrected chi connectivity index (χ1v) is 16.3. The number of esters is 1. The number of carbonyl (C=O) groups excluding carboxylic acids is 1. The van der Waals surface area contributed by atoms with Gasteiger partial charge in [-0.15, -0.1) is 0 Å². The van der Waals surface area contributed by atoms with Crippen molar-refractivity contribution in [2.75, 3.05) is 30.9 Å². The van der Waals surface area contributed by atoms with Crippen LogP contribution >= 0.6 is 0 Å². The van der Waals surface area contributed by atoms with Gasteiger partial charge in [0.15, 0.2) is 5.71 Å². The zero-order valence-corrected chi connectivity index (χ0v) is 24.8. The number of carboxylic acid groups (broad SMARTS) is 1. The minimum absolute atomic E-state index is 0.0117. The predicted octanol–water partition coefficient (Wildman–Crippen LogP) is 5.95. The van der Waals surface area contributed by atoms with Crippen molar-refractivity contribution in [2.24, 2.45) is 0 Å². The molecule has 6 rings (SSSR count). The monoisotopic (exact) mass is 597 g/mol. The van der Waals surface area contributed by atoms with Gasteiger partial charge in [0.1, 0.15) is 32.2 Å². The number of benzene rings is 2. The quantitative estimate of drug-likeness (QED) is 0.268. The van der Waals surface area contributed by atoms with Crippen LogP contribution in [0.1, 0.15) is 100 Å². The Balaban J connectivity index is 1.73. The zero-order valence-electron chi connectivity index (χ0n) is 39.8. The van der Waals surface area contributed by atoms with Crippen LogP contribution in [0.15, 0.2) is 65.4 Å². The molecule has 0 bridgehead atoms. The van der Waals surface area contributed by atoms with Crippen molar-refractivity contribution in [3.8, 4) is 0 Å². The Hall–Kier alpha value is -3.71. The molecule has 42 heavy (non-hydrogen) atoms. The van der Waals surface area contributed by atoms with E-state index in [0.29, 0.717) is 31.0 Å². The van der Waals surface area contributed by atoms with Crippen molar-refractivity contribution in [2.45, 2.75) is 65.0 Å². The van der Waals surface area contributed by atoms with E-state index < -0.39 is 77.1 Å². The van der Waals surface area contributed by atoms with Crippen molar-refractivity contribution >= 4 is 42.2 Å². The van der Waals surface area contributed by atoms with Gasteiger partial charge in [0.2, 0.25) is 0 Å². The molecule has 0 unspecified atom stereocenters. The largest absolute Gasteiger partial charge is 0.478 e. The highest BCUT2D eigenvalue weighted by Gasteiger charge is 2.41. The highest BCUT2D eigenvalue weighted by Crippen LogP contribution is 2.43. The van der Waals surface area contributed by atoms with E-state index in [2.05, 4.69) is 0 Å². The third-order valence-electron chi connectivity index (χ3n) is 7.36. The summed E-state index contributed by atoms with van der Waals surface area (Å²) in [6.45, 7) is -4.52. The Kier molecular flexibility index (Phi) is 3.80. The maximum atomic E-state index is 13.4. The average molecular weight is 598 g/mol.